The molecule has 0 aromatic heterocycles. The van der Waals surface area contributed by atoms with E-state index in [4.69, 9.17) is 25.8 Å². The highest BCUT2D eigenvalue weighted by atomic mass is 35.5. The van der Waals surface area contributed by atoms with Crippen LogP contribution < -0.4 is 14.8 Å². The van der Waals surface area contributed by atoms with Crippen molar-refractivity contribution in [1.29, 1.82) is 0 Å². The van der Waals surface area contributed by atoms with E-state index in [0.717, 1.165) is 6.07 Å². The van der Waals surface area contributed by atoms with Gasteiger partial charge in [-0.2, -0.15) is 0 Å². The second-order valence-electron chi connectivity index (χ2n) is 5.49. The molecule has 8 heteroatoms. The SMILES string of the molecule is C[C@H](OC(=O)c1c(F)cccc1Cl)C(=O)Nc1ccc2c(c1)OCCO2. The number of rotatable bonds is 4. The van der Waals surface area contributed by atoms with E-state index in [9.17, 15) is 14.0 Å². The van der Waals surface area contributed by atoms with Crippen molar-refractivity contribution in [1.82, 2.24) is 0 Å². The molecule has 0 saturated carbocycles. The number of anilines is 1. The predicted octanol–water partition coefficient (Wildman–Crippen LogP) is 3.43. The van der Waals surface area contributed by atoms with Crippen LogP contribution in [0.5, 0.6) is 11.5 Å². The van der Waals surface area contributed by atoms with Gasteiger partial charge in [0, 0.05) is 11.8 Å². The minimum absolute atomic E-state index is 0.0885. The molecule has 1 amide bonds. The lowest BCUT2D eigenvalue weighted by molar-refractivity contribution is -0.123. The van der Waals surface area contributed by atoms with Crippen molar-refractivity contribution in [2.75, 3.05) is 18.5 Å². The summed E-state index contributed by atoms with van der Waals surface area (Å²) >= 11 is 5.82. The van der Waals surface area contributed by atoms with Crippen molar-refractivity contribution < 1.29 is 28.2 Å². The lowest BCUT2D eigenvalue weighted by atomic mass is 10.2. The highest BCUT2D eigenvalue weighted by Crippen LogP contribution is 2.32. The average Bonchev–Trinajstić information content (AvgIpc) is 2.61. The van der Waals surface area contributed by atoms with Gasteiger partial charge in [-0.05, 0) is 31.2 Å². The van der Waals surface area contributed by atoms with Crippen LogP contribution in [0.1, 0.15) is 17.3 Å². The van der Waals surface area contributed by atoms with E-state index < -0.39 is 29.4 Å². The Balaban J connectivity index is 1.65. The number of hydrogen-bond acceptors (Lipinski definition) is 5. The van der Waals surface area contributed by atoms with Crippen LogP contribution in [0, 0.1) is 5.82 Å². The van der Waals surface area contributed by atoms with Crippen LogP contribution in [0.15, 0.2) is 36.4 Å². The number of nitrogens with one attached hydrogen (secondary N) is 1. The van der Waals surface area contributed by atoms with E-state index >= 15 is 0 Å². The molecule has 0 fully saturated rings. The Morgan fingerprint density at radius 3 is 2.65 bits per heavy atom. The summed E-state index contributed by atoms with van der Waals surface area (Å²) in [7, 11) is 0. The Morgan fingerprint density at radius 1 is 1.19 bits per heavy atom. The summed E-state index contributed by atoms with van der Waals surface area (Å²) < 4.78 is 29.6. The Kier molecular flexibility index (Phi) is 5.27. The second kappa shape index (κ2) is 7.61. The second-order valence-corrected chi connectivity index (χ2v) is 5.90. The molecule has 0 saturated heterocycles. The summed E-state index contributed by atoms with van der Waals surface area (Å²) in [6.45, 7) is 2.26. The molecule has 1 aliphatic heterocycles. The number of amides is 1. The fourth-order valence-electron chi connectivity index (χ4n) is 2.33. The number of hydrogen-bond donors (Lipinski definition) is 1. The van der Waals surface area contributed by atoms with Crippen LogP contribution in [0.2, 0.25) is 5.02 Å². The zero-order chi connectivity index (χ0) is 18.7. The number of halogens is 2. The van der Waals surface area contributed by atoms with Gasteiger partial charge in [-0.25, -0.2) is 9.18 Å². The van der Waals surface area contributed by atoms with E-state index in [2.05, 4.69) is 5.32 Å². The fourth-order valence-corrected chi connectivity index (χ4v) is 2.57. The number of carbonyl (C=O) groups excluding carboxylic acids is 2. The van der Waals surface area contributed by atoms with Crippen LogP contribution >= 0.6 is 11.6 Å². The average molecular weight is 380 g/mol. The van der Waals surface area contributed by atoms with Crippen molar-refractivity contribution in [3.63, 3.8) is 0 Å². The monoisotopic (exact) mass is 379 g/mol. The molecular weight excluding hydrogens is 365 g/mol. The molecule has 0 spiro atoms. The zero-order valence-electron chi connectivity index (χ0n) is 13.8. The normalized spacial score (nSPS) is 13.7. The third-order valence-corrected chi connectivity index (χ3v) is 3.94. The molecule has 0 unspecified atom stereocenters. The van der Waals surface area contributed by atoms with Gasteiger partial charge in [0.15, 0.2) is 17.6 Å². The van der Waals surface area contributed by atoms with Crippen LogP contribution in [0.4, 0.5) is 10.1 Å². The first kappa shape index (κ1) is 18.0. The Labute approximate surface area is 153 Å². The van der Waals surface area contributed by atoms with Gasteiger partial charge < -0.3 is 19.5 Å². The third kappa shape index (κ3) is 3.88. The molecule has 1 aliphatic rings. The van der Waals surface area contributed by atoms with Gasteiger partial charge in [-0.1, -0.05) is 17.7 Å². The highest BCUT2D eigenvalue weighted by Gasteiger charge is 2.23. The highest BCUT2D eigenvalue weighted by molar-refractivity contribution is 6.33. The van der Waals surface area contributed by atoms with Gasteiger partial charge in [0.05, 0.1) is 5.02 Å². The smallest absolute Gasteiger partial charge is 0.343 e. The maximum atomic E-state index is 13.7. The fraction of sp³-hybridized carbons (Fsp3) is 0.222. The molecular formula is C18H15ClFNO5. The topological polar surface area (TPSA) is 73.9 Å². The molecule has 3 rings (SSSR count). The summed E-state index contributed by atoms with van der Waals surface area (Å²) in [5, 5.41) is 2.51. The lowest BCUT2D eigenvalue weighted by Gasteiger charge is -2.19. The van der Waals surface area contributed by atoms with E-state index in [1.165, 1.54) is 19.1 Å². The lowest BCUT2D eigenvalue weighted by Crippen LogP contribution is -2.30. The quantitative estimate of drug-likeness (QED) is 0.824. The summed E-state index contributed by atoms with van der Waals surface area (Å²) in [6, 6.07) is 8.72. The van der Waals surface area contributed by atoms with Gasteiger partial charge in [-0.15, -0.1) is 0 Å². The number of ether oxygens (including phenoxy) is 3. The summed E-state index contributed by atoms with van der Waals surface area (Å²) in [4.78, 5) is 24.3. The summed E-state index contributed by atoms with van der Waals surface area (Å²) in [6.07, 6.45) is -1.16. The molecule has 6 nitrogen and oxygen atoms in total. The first-order valence-electron chi connectivity index (χ1n) is 7.81. The molecule has 0 bridgehead atoms. The van der Waals surface area contributed by atoms with Crippen LogP contribution in [-0.4, -0.2) is 31.2 Å². The number of fused-ring (bicyclic) bond motifs is 1. The molecule has 26 heavy (non-hydrogen) atoms. The van der Waals surface area contributed by atoms with Gasteiger partial charge >= 0.3 is 5.97 Å². The molecule has 136 valence electrons. The Bertz CT molecular complexity index is 837. The molecule has 1 N–H and O–H groups in total. The first-order chi connectivity index (χ1) is 12.5. The number of benzene rings is 2. The predicted molar refractivity (Wildman–Crippen MR) is 92.3 cm³/mol. The molecule has 0 radical (unpaired) electrons. The zero-order valence-corrected chi connectivity index (χ0v) is 14.5. The summed E-state index contributed by atoms with van der Waals surface area (Å²) in [5.41, 5.74) is 0.0409. The molecule has 2 aromatic rings. The minimum Gasteiger partial charge on any atom is -0.486 e. The largest absolute Gasteiger partial charge is 0.486 e. The Morgan fingerprint density at radius 2 is 1.92 bits per heavy atom. The number of esters is 1. The molecule has 0 aliphatic carbocycles. The summed E-state index contributed by atoms with van der Waals surface area (Å²) in [5.74, 6) is -1.32. The van der Waals surface area contributed by atoms with Gasteiger partial charge in [-0.3, -0.25) is 4.79 Å². The molecule has 1 atom stereocenters. The maximum absolute atomic E-state index is 13.7. The standard InChI is InChI=1S/C18H15ClFNO5/c1-10(26-18(23)16-12(19)3-2-4-13(16)20)17(22)21-11-5-6-14-15(9-11)25-8-7-24-14/h2-6,9-10H,7-8H2,1H3,(H,21,22)/t10-/m0/s1. The van der Waals surface area contributed by atoms with Gasteiger partial charge in [0.1, 0.15) is 24.6 Å². The van der Waals surface area contributed by atoms with Crippen molar-refractivity contribution in [2.24, 2.45) is 0 Å². The first-order valence-corrected chi connectivity index (χ1v) is 8.19. The molecule has 2 aromatic carbocycles. The van der Waals surface area contributed by atoms with Crippen molar-refractivity contribution >= 4 is 29.2 Å². The minimum atomic E-state index is -1.16. The van der Waals surface area contributed by atoms with Crippen molar-refractivity contribution in [3.05, 3.63) is 52.8 Å². The third-order valence-electron chi connectivity index (χ3n) is 3.63. The number of carbonyl (C=O) groups is 2. The van der Waals surface area contributed by atoms with Crippen LogP contribution in [0.25, 0.3) is 0 Å². The van der Waals surface area contributed by atoms with Crippen molar-refractivity contribution in [2.45, 2.75) is 13.0 Å². The van der Waals surface area contributed by atoms with Gasteiger partial charge in [0.25, 0.3) is 5.91 Å². The van der Waals surface area contributed by atoms with E-state index in [1.807, 2.05) is 0 Å². The molecule has 1 heterocycles. The van der Waals surface area contributed by atoms with E-state index in [-0.39, 0.29) is 5.02 Å². The van der Waals surface area contributed by atoms with Gasteiger partial charge in [0.2, 0.25) is 0 Å². The maximum Gasteiger partial charge on any atom is 0.343 e. The van der Waals surface area contributed by atoms with E-state index in [0.29, 0.717) is 30.4 Å². The van der Waals surface area contributed by atoms with Crippen molar-refractivity contribution in [3.8, 4) is 11.5 Å². The van der Waals surface area contributed by atoms with E-state index in [1.54, 1.807) is 18.2 Å². The van der Waals surface area contributed by atoms with Crippen LogP contribution in [0.3, 0.4) is 0 Å². The van der Waals surface area contributed by atoms with Crippen LogP contribution in [-0.2, 0) is 9.53 Å². The Hall–Kier alpha value is -2.80.